The number of aromatic nitrogens is 3. The molecule has 0 aromatic carbocycles. The number of aryl methyl sites for hydroxylation is 2. The fourth-order valence-electron chi connectivity index (χ4n) is 1.54. The third-order valence-corrected chi connectivity index (χ3v) is 4.61. The Labute approximate surface area is 120 Å². The lowest BCUT2D eigenvalue weighted by Crippen LogP contribution is -2.14. The van der Waals surface area contributed by atoms with E-state index in [-0.39, 0.29) is 15.9 Å². The van der Waals surface area contributed by atoms with Crippen molar-refractivity contribution in [3.8, 4) is 0 Å². The predicted molar refractivity (Wildman–Crippen MR) is 73.0 cm³/mol. The molecule has 102 valence electrons. The van der Waals surface area contributed by atoms with Crippen LogP contribution in [-0.2, 0) is 17.1 Å². The van der Waals surface area contributed by atoms with Crippen LogP contribution in [0.2, 0.25) is 10.2 Å². The van der Waals surface area contributed by atoms with E-state index in [1.54, 1.807) is 14.0 Å². The molecule has 2 heterocycles. The van der Waals surface area contributed by atoms with Crippen LogP contribution in [0, 0.1) is 6.92 Å². The Morgan fingerprint density at radius 3 is 2.47 bits per heavy atom. The molecule has 2 aromatic rings. The highest BCUT2D eigenvalue weighted by Gasteiger charge is 2.25. The van der Waals surface area contributed by atoms with Crippen LogP contribution >= 0.6 is 23.2 Å². The highest BCUT2D eigenvalue weighted by atomic mass is 35.5. The Hall–Kier alpha value is -1.31. The Morgan fingerprint density at radius 2 is 2.00 bits per heavy atom. The third-order valence-electron chi connectivity index (χ3n) is 2.34. The van der Waals surface area contributed by atoms with Crippen LogP contribution in [0.5, 0.6) is 0 Å². The fraction of sp³-hybridized carbons (Fsp3) is 0.200. The van der Waals surface area contributed by atoms with Gasteiger partial charge in [-0.05, 0) is 19.1 Å². The highest BCUT2D eigenvalue weighted by molar-refractivity contribution is 7.92. The first-order valence-electron chi connectivity index (χ1n) is 5.15. The summed E-state index contributed by atoms with van der Waals surface area (Å²) in [6.45, 7) is 1.57. The van der Waals surface area contributed by atoms with Crippen LogP contribution in [0.25, 0.3) is 0 Å². The van der Waals surface area contributed by atoms with Crippen LogP contribution in [0.3, 0.4) is 0 Å². The maximum atomic E-state index is 12.2. The van der Waals surface area contributed by atoms with Gasteiger partial charge in [-0.1, -0.05) is 23.2 Å². The van der Waals surface area contributed by atoms with Crippen LogP contribution in [0.1, 0.15) is 5.69 Å². The zero-order valence-electron chi connectivity index (χ0n) is 10.1. The summed E-state index contributed by atoms with van der Waals surface area (Å²) in [5.41, 5.74) is 0.314. The second-order valence-electron chi connectivity index (χ2n) is 3.80. The second-order valence-corrected chi connectivity index (χ2v) is 6.21. The summed E-state index contributed by atoms with van der Waals surface area (Å²) in [6, 6.07) is 2.99. The Bertz CT molecular complexity index is 710. The van der Waals surface area contributed by atoms with Crippen molar-refractivity contribution in [2.24, 2.45) is 7.05 Å². The van der Waals surface area contributed by atoms with Gasteiger partial charge in [0.2, 0.25) is 0 Å². The molecular weight excluding hydrogens is 311 g/mol. The minimum atomic E-state index is -3.84. The normalized spacial score (nSPS) is 11.6. The Kier molecular flexibility index (Phi) is 3.71. The summed E-state index contributed by atoms with van der Waals surface area (Å²) < 4.78 is 28.1. The quantitative estimate of drug-likeness (QED) is 0.940. The molecule has 19 heavy (non-hydrogen) atoms. The van der Waals surface area contributed by atoms with Gasteiger partial charge in [0, 0.05) is 13.2 Å². The van der Waals surface area contributed by atoms with E-state index in [2.05, 4.69) is 14.8 Å². The average Bonchev–Trinajstić information content (AvgIpc) is 2.56. The molecule has 9 heteroatoms. The largest absolute Gasteiger partial charge is 0.267 e. The van der Waals surface area contributed by atoms with Crippen molar-refractivity contribution in [3.63, 3.8) is 0 Å². The van der Waals surface area contributed by atoms with E-state index in [9.17, 15) is 8.42 Å². The monoisotopic (exact) mass is 320 g/mol. The number of halogens is 2. The minimum absolute atomic E-state index is 0.0407. The summed E-state index contributed by atoms with van der Waals surface area (Å²) >= 11 is 11.6. The van der Waals surface area contributed by atoms with Gasteiger partial charge in [0.05, 0.1) is 10.7 Å². The number of sulfonamides is 1. The first-order chi connectivity index (χ1) is 8.81. The lowest BCUT2D eigenvalue weighted by molar-refractivity contribution is 0.600. The lowest BCUT2D eigenvalue weighted by atomic mass is 10.5. The van der Waals surface area contributed by atoms with E-state index in [1.807, 2.05) is 0 Å². The number of nitrogens with zero attached hydrogens (tertiary/aromatic N) is 3. The number of rotatable bonds is 3. The summed E-state index contributed by atoms with van der Waals surface area (Å²) in [5.74, 6) is 0.156. The summed E-state index contributed by atoms with van der Waals surface area (Å²) in [4.78, 5) is 3.80. The van der Waals surface area contributed by atoms with Gasteiger partial charge in [0.15, 0.2) is 0 Å². The standard InChI is InChI=1S/C10H10Cl2N4O2S/c1-6-9(10(12)16(2)14-6)19(17,18)15-8-4-3-7(11)5-13-8/h3-5H,1-2H3,(H,13,15). The van der Waals surface area contributed by atoms with Crippen LogP contribution in [-0.4, -0.2) is 23.2 Å². The van der Waals surface area contributed by atoms with Crippen molar-refractivity contribution in [3.05, 3.63) is 34.2 Å². The Morgan fingerprint density at radius 1 is 1.32 bits per heavy atom. The van der Waals surface area contributed by atoms with E-state index in [4.69, 9.17) is 23.2 Å². The molecule has 0 amide bonds. The third kappa shape index (κ3) is 2.83. The molecule has 0 atom stereocenters. The van der Waals surface area contributed by atoms with Crippen LogP contribution < -0.4 is 4.72 Å². The molecule has 0 saturated carbocycles. The lowest BCUT2D eigenvalue weighted by Gasteiger charge is -2.06. The van der Waals surface area contributed by atoms with Gasteiger partial charge in [0.25, 0.3) is 10.0 Å². The molecule has 0 bridgehead atoms. The van der Waals surface area contributed by atoms with E-state index in [0.29, 0.717) is 10.7 Å². The van der Waals surface area contributed by atoms with Gasteiger partial charge in [-0.25, -0.2) is 13.4 Å². The molecule has 0 unspecified atom stereocenters. The number of anilines is 1. The van der Waals surface area contributed by atoms with Gasteiger partial charge in [0.1, 0.15) is 15.9 Å². The van der Waals surface area contributed by atoms with Crippen molar-refractivity contribution >= 4 is 39.0 Å². The predicted octanol–water partition coefficient (Wildman–Crippen LogP) is 2.23. The molecular formula is C10H10Cl2N4O2S. The molecule has 6 nitrogen and oxygen atoms in total. The van der Waals surface area contributed by atoms with Gasteiger partial charge in [-0.15, -0.1) is 0 Å². The number of pyridine rings is 1. The summed E-state index contributed by atoms with van der Waals surface area (Å²) in [6.07, 6.45) is 1.34. The van der Waals surface area contributed by atoms with Gasteiger partial charge >= 0.3 is 0 Å². The molecule has 2 rings (SSSR count). The molecule has 0 fully saturated rings. The highest BCUT2D eigenvalue weighted by Crippen LogP contribution is 2.25. The van der Waals surface area contributed by atoms with Crippen molar-refractivity contribution in [1.29, 1.82) is 0 Å². The van der Waals surface area contributed by atoms with Crippen LogP contribution in [0.15, 0.2) is 23.2 Å². The van der Waals surface area contributed by atoms with E-state index >= 15 is 0 Å². The molecule has 0 saturated heterocycles. The average molecular weight is 321 g/mol. The fourth-order valence-corrected chi connectivity index (χ4v) is 3.41. The van der Waals surface area contributed by atoms with Crippen LogP contribution in [0.4, 0.5) is 5.82 Å². The SMILES string of the molecule is Cc1nn(C)c(Cl)c1S(=O)(=O)Nc1ccc(Cl)cn1. The van der Waals surface area contributed by atoms with Gasteiger partial charge in [-0.3, -0.25) is 9.40 Å². The molecule has 0 spiro atoms. The maximum absolute atomic E-state index is 12.2. The maximum Gasteiger partial charge on any atom is 0.267 e. The van der Waals surface area contributed by atoms with Crippen molar-refractivity contribution in [2.75, 3.05) is 4.72 Å². The first-order valence-corrected chi connectivity index (χ1v) is 7.38. The zero-order valence-corrected chi connectivity index (χ0v) is 12.4. The van der Waals surface area contributed by atoms with E-state index in [0.717, 1.165) is 0 Å². The number of hydrogen-bond donors (Lipinski definition) is 1. The van der Waals surface area contributed by atoms with E-state index < -0.39 is 10.0 Å². The number of nitrogens with one attached hydrogen (secondary N) is 1. The topological polar surface area (TPSA) is 76.9 Å². The van der Waals surface area contributed by atoms with Gasteiger partial charge in [-0.2, -0.15) is 5.10 Å². The smallest absolute Gasteiger partial charge is 0.263 e. The zero-order chi connectivity index (χ0) is 14.2. The molecule has 0 radical (unpaired) electrons. The molecule has 0 aliphatic rings. The Balaban J connectivity index is 2.40. The summed E-state index contributed by atoms with van der Waals surface area (Å²) in [5, 5.41) is 4.41. The number of hydrogen-bond acceptors (Lipinski definition) is 4. The summed E-state index contributed by atoms with van der Waals surface area (Å²) in [7, 11) is -2.27. The molecule has 0 aliphatic heterocycles. The first kappa shape index (κ1) is 14.1. The molecule has 0 aliphatic carbocycles. The van der Waals surface area contributed by atoms with Crippen molar-refractivity contribution < 1.29 is 8.42 Å². The van der Waals surface area contributed by atoms with E-state index in [1.165, 1.54) is 23.0 Å². The molecule has 2 aromatic heterocycles. The minimum Gasteiger partial charge on any atom is -0.263 e. The van der Waals surface area contributed by atoms with Crippen molar-refractivity contribution in [2.45, 2.75) is 11.8 Å². The molecule has 1 N–H and O–H groups in total. The van der Waals surface area contributed by atoms with Crippen molar-refractivity contribution in [1.82, 2.24) is 14.8 Å². The van der Waals surface area contributed by atoms with Gasteiger partial charge < -0.3 is 0 Å². The second kappa shape index (κ2) is 4.99.